The first-order valence-electron chi connectivity index (χ1n) is 7.19. The molecule has 0 aromatic carbocycles. The number of pyridine rings is 1. The van der Waals surface area contributed by atoms with Crippen LogP contribution in [0.15, 0.2) is 29.9 Å². The molecule has 5 nitrogen and oxygen atoms in total. The first-order chi connectivity index (χ1) is 10.3. The zero-order chi connectivity index (χ0) is 14.5. The van der Waals surface area contributed by atoms with Gasteiger partial charge in [0.05, 0.1) is 16.7 Å². The molecule has 1 aliphatic heterocycles. The predicted molar refractivity (Wildman–Crippen MR) is 97.6 cm³/mol. The molecule has 2 aromatic rings. The van der Waals surface area contributed by atoms with Gasteiger partial charge in [-0.05, 0) is 31.5 Å². The molecule has 2 N–H and O–H groups in total. The molecule has 126 valence electrons. The van der Waals surface area contributed by atoms with Crippen LogP contribution >= 0.6 is 36.2 Å². The number of rotatable bonds is 5. The Morgan fingerprint density at radius 2 is 2.13 bits per heavy atom. The number of nitrogens with one attached hydrogen (secondary N) is 2. The molecule has 2 aromatic heterocycles. The zero-order valence-electron chi connectivity index (χ0n) is 12.5. The molecule has 0 bridgehead atoms. The first kappa shape index (κ1) is 19.8. The molecule has 1 atom stereocenters. The summed E-state index contributed by atoms with van der Waals surface area (Å²) in [6.45, 7) is 1.58. The van der Waals surface area contributed by atoms with E-state index in [9.17, 15) is 4.79 Å². The molecule has 8 heteroatoms. The van der Waals surface area contributed by atoms with E-state index < -0.39 is 0 Å². The molecule has 23 heavy (non-hydrogen) atoms. The normalized spacial score (nSPS) is 16.3. The summed E-state index contributed by atoms with van der Waals surface area (Å²) in [7, 11) is 0. The zero-order valence-corrected chi connectivity index (χ0v) is 15.0. The highest BCUT2D eigenvalue weighted by molar-refractivity contribution is 7.09. The molecule has 1 aliphatic rings. The number of halogens is 2. The topological polar surface area (TPSA) is 66.9 Å². The number of amides is 1. The molecule has 0 aliphatic carbocycles. The summed E-state index contributed by atoms with van der Waals surface area (Å²) >= 11 is 1.63. The van der Waals surface area contributed by atoms with Crippen molar-refractivity contribution >= 4 is 42.1 Å². The van der Waals surface area contributed by atoms with Crippen molar-refractivity contribution in [1.82, 2.24) is 20.6 Å². The van der Waals surface area contributed by atoms with E-state index >= 15 is 0 Å². The van der Waals surface area contributed by atoms with Crippen LogP contribution < -0.4 is 10.6 Å². The Morgan fingerprint density at radius 3 is 2.83 bits per heavy atom. The summed E-state index contributed by atoms with van der Waals surface area (Å²) in [5.41, 5.74) is 2.05. The Morgan fingerprint density at radius 1 is 1.35 bits per heavy atom. The maximum Gasteiger partial charge on any atom is 0.237 e. The Kier molecular flexibility index (Phi) is 8.47. The quantitative estimate of drug-likeness (QED) is 0.843. The summed E-state index contributed by atoms with van der Waals surface area (Å²) < 4.78 is 0. The Labute approximate surface area is 152 Å². The second kappa shape index (κ2) is 9.82. The molecule has 3 heterocycles. The first-order valence-corrected chi connectivity index (χ1v) is 8.07. The predicted octanol–water partition coefficient (Wildman–Crippen LogP) is 2.46. The average Bonchev–Trinajstić information content (AvgIpc) is 3.20. The third kappa shape index (κ3) is 5.42. The Hall–Kier alpha value is -1.21. The molecule has 0 saturated carbocycles. The lowest BCUT2D eigenvalue weighted by molar-refractivity contribution is -0.122. The number of aromatic nitrogens is 2. The molecule has 1 saturated heterocycles. The largest absolute Gasteiger partial charge is 0.354 e. The monoisotopic (exact) mass is 374 g/mol. The molecule has 1 unspecified atom stereocenters. The van der Waals surface area contributed by atoms with Crippen molar-refractivity contribution in [3.05, 3.63) is 34.9 Å². The summed E-state index contributed by atoms with van der Waals surface area (Å²) in [6.07, 6.45) is 6.33. The van der Waals surface area contributed by atoms with Gasteiger partial charge in [0.15, 0.2) is 0 Å². The Bertz CT molecular complexity index is 603. The minimum atomic E-state index is -0.00586. The van der Waals surface area contributed by atoms with Gasteiger partial charge in [0, 0.05) is 36.3 Å². The van der Waals surface area contributed by atoms with Gasteiger partial charge in [-0.3, -0.25) is 9.78 Å². The van der Waals surface area contributed by atoms with Crippen LogP contribution in [0.5, 0.6) is 0 Å². The van der Waals surface area contributed by atoms with Crippen LogP contribution in [0.1, 0.15) is 17.8 Å². The fourth-order valence-corrected chi connectivity index (χ4v) is 3.21. The van der Waals surface area contributed by atoms with E-state index in [2.05, 4.69) is 20.6 Å². The van der Waals surface area contributed by atoms with Gasteiger partial charge < -0.3 is 10.6 Å². The molecular formula is C15H20Cl2N4OS. The van der Waals surface area contributed by atoms with Gasteiger partial charge in [0.1, 0.15) is 0 Å². The van der Waals surface area contributed by atoms with Gasteiger partial charge in [-0.25, -0.2) is 4.98 Å². The van der Waals surface area contributed by atoms with Crippen molar-refractivity contribution in [3.8, 4) is 11.3 Å². The van der Waals surface area contributed by atoms with E-state index in [1.807, 2.05) is 17.5 Å². The van der Waals surface area contributed by atoms with Crippen molar-refractivity contribution in [2.75, 3.05) is 13.1 Å². The minimum Gasteiger partial charge on any atom is -0.354 e. The van der Waals surface area contributed by atoms with E-state index in [-0.39, 0.29) is 36.8 Å². The van der Waals surface area contributed by atoms with Crippen molar-refractivity contribution < 1.29 is 4.79 Å². The number of hydrogen-bond acceptors (Lipinski definition) is 5. The fraction of sp³-hybridized carbons (Fsp3) is 0.400. The highest BCUT2D eigenvalue weighted by Gasteiger charge is 2.21. The van der Waals surface area contributed by atoms with Gasteiger partial charge in [0.25, 0.3) is 0 Å². The molecule has 1 amide bonds. The van der Waals surface area contributed by atoms with Gasteiger partial charge in [-0.1, -0.05) is 0 Å². The minimum absolute atomic E-state index is 0. The average molecular weight is 375 g/mol. The fourth-order valence-electron chi connectivity index (χ4n) is 2.41. The van der Waals surface area contributed by atoms with E-state index in [0.717, 1.165) is 42.1 Å². The van der Waals surface area contributed by atoms with E-state index in [0.29, 0.717) is 6.54 Å². The van der Waals surface area contributed by atoms with Gasteiger partial charge in [0.2, 0.25) is 5.91 Å². The summed E-state index contributed by atoms with van der Waals surface area (Å²) in [5.74, 6) is 0.110. The number of nitrogens with zero attached hydrogens (tertiary/aromatic N) is 2. The van der Waals surface area contributed by atoms with Gasteiger partial charge in [-0.2, -0.15) is 0 Å². The lowest BCUT2D eigenvalue weighted by Crippen LogP contribution is -2.41. The van der Waals surface area contributed by atoms with E-state index in [1.54, 1.807) is 23.7 Å². The van der Waals surface area contributed by atoms with Crippen LogP contribution in [0.4, 0.5) is 0 Å². The number of hydrogen-bond donors (Lipinski definition) is 2. The van der Waals surface area contributed by atoms with Crippen molar-refractivity contribution in [2.45, 2.75) is 25.3 Å². The second-order valence-electron chi connectivity index (χ2n) is 5.05. The van der Waals surface area contributed by atoms with Crippen molar-refractivity contribution in [1.29, 1.82) is 0 Å². The Balaban J connectivity index is 0.00000132. The smallest absolute Gasteiger partial charge is 0.237 e. The van der Waals surface area contributed by atoms with Crippen LogP contribution in [-0.4, -0.2) is 35.0 Å². The standard InChI is InChI=1S/C15H18N4OS.2ClH/c20-15(12-2-1-6-17-12)18-9-5-14-19-13(10-21-14)11-3-7-16-8-4-11;;/h3-4,7-8,10,12,17H,1-2,5-6,9H2,(H,18,20);2*1H. The molecular weight excluding hydrogens is 355 g/mol. The van der Waals surface area contributed by atoms with Crippen LogP contribution in [0.3, 0.4) is 0 Å². The highest BCUT2D eigenvalue weighted by Crippen LogP contribution is 2.21. The van der Waals surface area contributed by atoms with Gasteiger partial charge in [-0.15, -0.1) is 36.2 Å². The molecule has 0 radical (unpaired) electrons. The lowest BCUT2D eigenvalue weighted by Gasteiger charge is -2.10. The second-order valence-corrected chi connectivity index (χ2v) is 5.99. The van der Waals surface area contributed by atoms with E-state index in [1.165, 1.54) is 0 Å². The maximum absolute atomic E-state index is 11.9. The van der Waals surface area contributed by atoms with Crippen molar-refractivity contribution in [2.24, 2.45) is 0 Å². The van der Waals surface area contributed by atoms with Crippen LogP contribution in [0.25, 0.3) is 11.3 Å². The molecule has 0 spiro atoms. The maximum atomic E-state index is 11.9. The number of carbonyl (C=O) groups excluding carboxylic acids is 1. The van der Waals surface area contributed by atoms with Gasteiger partial charge >= 0.3 is 0 Å². The number of thiazole rings is 1. The third-order valence-electron chi connectivity index (χ3n) is 3.54. The van der Waals surface area contributed by atoms with Crippen LogP contribution in [0, 0.1) is 0 Å². The third-order valence-corrected chi connectivity index (χ3v) is 4.45. The SMILES string of the molecule is Cl.Cl.O=C(NCCc1nc(-c2ccncc2)cs1)C1CCCN1. The molecule has 1 fully saturated rings. The summed E-state index contributed by atoms with van der Waals surface area (Å²) in [4.78, 5) is 20.5. The van der Waals surface area contributed by atoms with Crippen LogP contribution in [-0.2, 0) is 11.2 Å². The summed E-state index contributed by atoms with van der Waals surface area (Å²) in [6, 6.07) is 3.90. The van der Waals surface area contributed by atoms with E-state index in [4.69, 9.17) is 0 Å². The van der Waals surface area contributed by atoms with Crippen LogP contribution in [0.2, 0.25) is 0 Å². The summed E-state index contributed by atoms with van der Waals surface area (Å²) in [5, 5.41) is 9.27. The number of carbonyl (C=O) groups is 1. The lowest BCUT2D eigenvalue weighted by atomic mass is 10.2. The highest BCUT2D eigenvalue weighted by atomic mass is 35.5. The van der Waals surface area contributed by atoms with Crippen molar-refractivity contribution in [3.63, 3.8) is 0 Å². The molecule has 3 rings (SSSR count).